The molecule has 2 heterocycles. The fourth-order valence-electron chi connectivity index (χ4n) is 3.12. The molecular weight excluding hydrogens is 326 g/mol. The fraction of sp³-hybridized carbons (Fsp3) is 0.471. The Balaban J connectivity index is 1.70. The van der Waals surface area contributed by atoms with Crippen molar-refractivity contribution >= 4 is 17.5 Å². The van der Waals surface area contributed by atoms with Crippen LogP contribution in [0.1, 0.15) is 37.4 Å². The third-order valence-electron chi connectivity index (χ3n) is 4.53. The molecule has 2 aromatic rings. The molecule has 0 unspecified atom stereocenters. The molecule has 0 bridgehead atoms. The van der Waals surface area contributed by atoms with Gasteiger partial charge in [-0.25, -0.2) is 9.67 Å². The first kappa shape index (κ1) is 16.9. The smallest absolute Gasteiger partial charge is 0.244 e. The lowest BCUT2D eigenvalue weighted by Gasteiger charge is -2.29. The van der Waals surface area contributed by atoms with E-state index in [1.54, 1.807) is 11.0 Å². The lowest BCUT2D eigenvalue weighted by atomic mass is 10.1. The maximum absolute atomic E-state index is 12.4. The van der Waals surface area contributed by atoms with Crippen molar-refractivity contribution < 1.29 is 4.79 Å². The monoisotopic (exact) mass is 347 g/mol. The Hall–Kier alpha value is -1.92. The summed E-state index contributed by atoms with van der Waals surface area (Å²) in [5.74, 6) is -0.0725. The highest BCUT2D eigenvalue weighted by molar-refractivity contribution is 6.31. The number of rotatable bonds is 6. The molecule has 2 atom stereocenters. The minimum atomic E-state index is -0.391. The van der Waals surface area contributed by atoms with Crippen LogP contribution in [-0.2, 0) is 4.79 Å². The second-order valence-electron chi connectivity index (χ2n) is 6.08. The van der Waals surface area contributed by atoms with Crippen LogP contribution in [0, 0.1) is 0 Å². The highest BCUT2D eigenvalue weighted by Gasteiger charge is 2.26. The first-order valence-corrected chi connectivity index (χ1v) is 8.65. The van der Waals surface area contributed by atoms with E-state index in [4.69, 9.17) is 11.6 Å². The molecule has 128 valence electrons. The Morgan fingerprint density at radius 2 is 2.08 bits per heavy atom. The maximum atomic E-state index is 12.4. The summed E-state index contributed by atoms with van der Waals surface area (Å²) >= 11 is 6.39. The summed E-state index contributed by atoms with van der Waals surface area (Å²) in [5, 5.41) is 7.82. The van der Waals surface area contributed by atoms with Crippen LogP contribution in [0.2, 0.25) is 5.02 Å². The molecular formula is C17H22ClN5O. The van der Waals surface area contributed by atoms with E-state index in [2.05, 4.69) is 20.3 Å². The molecule has 0 spiro atoms. The minimum Gasteiger partial charge on any atom is -0.352 e. The van der Waals surface area contributed by atoms with E-state index in [1.165, 1.54) is 19.2 Å². The van der Waals surface area contributed by atoms with Gasteiger partial charge in [-0.15, -0.1) is 0 Å². The fourth-order valence-corrected chi connectivity index (χ4v) is 3.38. The lowest BCUT2D eigenvalue weighted by molar-refractivity contribution is -0.124. The first-order valence-electron chi connectivity index (χ1n) is 8.27. The Morgan fingerprint density at radius 1 is 1.33 bits per heavy atom. The normalized spacial score (nSPS) is 17.6. The molecule has 3 rings (SSSR count). The van der Waals surface area contributed by atoms with Crippen molar-refractivity contribution in [3.63, 3.8) is 0 Å². The van der Waals surface area contributed by atoms with Crippen LogP contribution in [0.25, 0.3) is 0 Å². The van der Waals surface area contributed by atoms with Gasteiger partial charge in [0.15, 0.2) is 0 Å². The molecule has 1 aliphatic heterocycles. The summed E-state index contributed by atoms with van der Waals surface area (Å²) in [4.78, 5) is 18.7. The van der Waals surface area contributed by atoms with Gasteiger partial charge in [-0.1, -0.05) is 29.8 Å². The molecule has 6 nitrogen and oxygen atoms in total. The zero-order chi connectivity index (χ0) is 16.9. The number of carbonyl (C=O) groups is 1. The molecule has 7 heteroatoms. The summed E-state index contributed by atoms with van der Waals surface area (Å²) < 4.78 is 1.55. The van der Waals surface area contributed by atoms with Crippen LogP contribution in [0.15, 0.2) is 36.9 Å². The second-order valence-corrected chi connectivity index (χ2v) is 6.48. The van der Waals surface area contributed by atoms with Crippen molar-refractivity contribution in [1.82, 2.24) is 25.0 Å². The Labute approximate surface area is 146 Å². The van der Waals surface area contributed by atoms with Crippen LogP contribution in [0.3, 0.4) is 0 Å². The van der Waals surface area contributed by atoms with Gasteiger partial charge in [0.2, 0.25) is 5.91 Å². The zero-order valence-electron chi connectivity index (χ0n) is 13.7. The van der Waals surface area contributed by atoms with Crippen LogP contribution in [0.4, 0.5) is 0 Å². The number of nitrogens with zero attached hydrogens (tertiary/aromatic N) is 4. The number of hydrogen-bond donors (Lipinski definition) is 1. The molecule has 0 radical (unpaired) electrons. The van der Waals surface area contributed by atoms with Crippen molar-refractivity contribution in [2.24, 2.45) is 0 Å². The average Bonchev–Trinajstić information content (AvgIpc) is 3.29. The van der Waals surface area contributed by atoms with Gasteiger partial charge in [0.1, 0.15) is 18.7 Å². The van der Waals surface area contributed by atoms with E-state index in [-0.39, 0.29) is 11.9 Å². The van der Waals surface area contributed by atoms with Crippen LogP contribution in [0.5, 0.6) is 0 Å². The van der Waals surface area contributed by atoms with Gasteiger partial charge in [-0.2, -0.15) is 5.10 Å². The van der Waals surface area contributed by atoms with E-state index in [0.29, 0.717) is 6.54 Å². The summed E-state index contributed by atoms with van der Waals surface area (Å²) in [6.07, 6.45) is 5.35. The van der Waals surface area contributed by atoms with Crippen molar-refractivity contribution in [2.45, 2.75) is 31.8 Å². The standard InChI is InChI=1S/C17H22ClN5O/c1-13(23-12-19-11-21-23)17(24)20-10-16(22-8-4-5-9-22)14-6-2-3-7-15(14)18/h2-3,6-7,11-13,16H,4-5,8-10H2,1H3,(H,20,24)/t13-,16+/m1/s1. The van der Waals surface area contributed by atoms with Crippen LogP contribution in [-0.4, -0.2) is 45.2 Å². The van der Waals surface area contributed by atoms with E-state index in [9.17, 15) is 4.79 Å². The number of benzene rings is 1. The number of aromatic nitrogens is 3. The van der Waals surface area contributed by atoms with Crippen molar-refractivity contribution in [3.8, 4) is 0 Å². The summed E-state index contributed by atoms with van der Waals surface area (Å²) in [7, 11) is 0. The maximum Gasteiger partial charge on any atom is 0.244 e. The Kier molecular flexibility index (Phi) is 5.48. The molecule has 1 aromatic heterocycles. The quantitative estimate of drug-likeness (QED) is 0.871. The van der Waals surface area contributed by atoms with Crippen molar-refractivity contribution in [2.75, 3.05) is 19.6 Å². The van der Waals surface area contributed by atoms with Gasteiger partial charge in [0.05, 0.1) is 6.04 Å². The van der Waals surface area contributed by atoms with Gasteiger partial charge < -0.3 is 5.32 Å². The summed E-state index contributed by atoms with van der Waals surface area (Å²) in [5.41, 5.74) is 1.06. The second kappa shape index (κ2) is 7.77. The SMILES string of the molecule is C[C@H](C(=O)NC[C@@H](c1ccccc1Cl)N1CCCC1)n1cncn1. The minimum absolute atomic E-state index is 0.0725. The number of likely N-dealkylation sites (tertiary alicyclic amines) is 1. The number of nitrogens with one attached hydrogen (secondary N) is 1. The molecule has 0 saturated carbocycles. The molecule has 1 amide bonds. The summed E-state index contributed by atoms with van der Waals surface area (Å²) in [6, 6.07) is 7.56. The van der Waals surface area contributed by atoms with Gasteiger partial charge in [0.25, 0.3) is 0 Å². The van der Waals surface area contributed by atoms with E-state index < -0.39 is 6.04 Å². The summed E-state index contributed by atoms with van der Waals surface area (Å²) in [6.45, 7) is 4.40. The zero-order valence-corrected chi connectivity index (χ0v) is 14.5. The molecule has 0 aliphatic carbocycles. The molecule has 1 N–H and O–H groups in total. The van der Waals surface area contributed by atoms with E-state index in [1.807, 2.05) is 31.2 Å². The first-order chi connectivity index (χ1) is 11.7. The third-order valence-corrected chi connectivity index (χ3v) is 4.87. The third kappa shape index (κ3) is 3.76. The van der Waals surface area contributed by atoms with Gasteiger partial charge in [-0.3, -0.25) is 9.69 Å². The Morgan fingerprint density at radius 3 is 2.75 bits per heavy atom. The van der Waals surface area contributed by atoms with Gasteiger partial charge in [0, 0.05) is 11.6 Å². The number of carbonyl (C=O) groups excluding carboxylic acids is 1. The van der Waals surface area contributed by atoms with Gasteiger partial charge >= 0.3 is 0 Å². The van der Waals surface area contributed by atoms with Crippen molar-refractivity contribution in [3.05, 3.63) is 47.5 Å². The number of amides is 1. The predicted octanol–water partition coefficient (Wildman–Crippen LogP) is 2.45. The number of halogens is 1. The highest BCUT2D eigenvalue weighted by atomic mass is 35.5. The molecule has 1 aromatic carbocycles. The topological polar surface area (TPSA) is 63.1 Å². The largest absolute Gasteiger partial charge is 0.352 e. The van der Waals surface area contributed by atoms with Gasteiger partial charge in [-0.05, 0) is 44.5 Å². The highest BCUT2D eigenvalue weighted by Crippen LogP contribution is 2.29. The molecule has 1 aliphatic rings. The van der Waals surface area contributed by atoms with Crippen LogP contribution >= 0.6 is 11.6 Å². The van der Waals surface area contributed by atoms with Crippen LogP contribution < -0.4 is 5.32 Å². The molecule has 24 heavy (non-hydrogen) atoms. The van der Waals surface area contributed by atoms with Crippen molar-refractivity contribution in [1.29, 1.82) is 0 Å². The lowest BCUT2D eigenvalue weighted by Crippen LogP contribution is -2.39. The Bertz CT molecular complexity index is 669. The number of hydrogen-bond acceptors (Lipinski definition) is 4. The average molecular weight is 348 g/mol. The molecule has 1 fully saturated rings. The van der Waals surface area contributed by atoms with E-state index >= 15 is 0 Å². The predicted molar refractivity (Wildman–Crippen MR) is 92.7 cm³/mol. The molecule has 1 saturated heterocycles. The van der Waals surface area contributed by atoms with E-state index in [0.717, 1.165) is 23.7 Å².